The van der Waals surface area contributed by atoms with Gasteiger partial charge in [0.15, 0.2) is 17.5 Å². The van der Waals surface area contributed by atoms with Gasteiger partial charge in [-0.25, -0.2) is 14.7 Å². The number of guanidine groups is 1. The fourth-order valence-electron chi connectivity index (χ4n) is 3.10. The Morgan fingerprint density at radius 2 is 1.97 bits per heavy atom. The number of alkyl halides is 2. The summed E-state index contributed by atoms with van der Waals surface area (Å²) in [4.78, 5) is 8.50. The van der Waals surface area contributed by atoms with Crippen LogP contribution >= 0.6 is 0 Å². The van der Waals surface area contributed by atoms with E-state index in [1.807, 2.05) is 31.2 Å². The molecule has 0 radical (unpaired) electrons. The third-order valence-corrected chi connectivity index (χ3v) is 4.60. The Labute approximate surface area is 183 Å². The van der Waals surface area contributed by atoms with Crippen molar-refractivity contribution in [3.63, 3.8) is 0 Å². The first-order valence-electron chi connectivity index (χ1n) is 9.96. The number of halogens is 2. The molecule has 0 amide bonds. The summed E-state index contributed by atoms with van der Waals surface area (Å²) in [6.07, 6.45) is 3.10. The summed E-state index contributed by atoms with van der Waals surface area (Å²) in [7, 11) is 0. The Balaban J connectivity index is 1.44. The number of aliphatic imine (C=N–C) groups is 1. The first kappa shape index (κ1) is 21.3. The number of fused-ring (bicyclic) bond motifs is 1. The second-order valence-corrected chi connectivity index (χ2v) is 6.75. The van der Waals surface area contributed by atoms with Crippen LogP contribution in [-0.4, -0.2) is 40.7 Å². The molecule has 1 aliphatic rings. The number of benzene rings is 2. The van der Waals surface area contributed by atoms with Crippen LogP contribution in [0.1, 0.15) is 18.1 Å². The Morgan fingerprint density at radius 1 is 1.19 bits per heavy atom. The molecular formula is C21H22F2N6O3. The van der Waals surface area contributed by atoms with Gasteiger partial charge < -0.3 is 24.8 Å². The van der Waals surface area contributed by atoms with Crippen molar-refractivity contribution in [1.82, 2.24) is 25.4 Å². The Hall–Kier alpha value is -3.89. The normalized spacial score (nSPS) is 12.8. The van der Waals surface area contributed by atoms with Crippen LogP contribution in [0.5, 0.6) is 17.2 Å². The molecule has 0 spiro atoms. The van der Waals surface area contributed by atoms with Crippen LogP contribution in [0.3, 0.4) is 0 Å². The van der Waals surface area contributed by atoms with Gasteiger partial charge in [0.2, 0.25) is 6.79 Å². The van der Waals surface area contributed by atoms with E-state index in [0.717, 1.165) is 11.3 Å². The standard InChI is InChI=1S/C21H22F2N6O3/c1-2-25-21(26-9-14-3-5-16(6-4-14)29-12-24-11-28-29)27-10-15-7-18-19(31-13-30-18)8-17(15)32-20(22)23/h3-8,11-12,20H,2,9-10,13H2,1H3,(H2,25,26,27). The zero-order chi connectivity index (χ0) is 22.3. The van der Waals surface area contributed by atoms with Crippen molar-refractivity contribution < 1.29 is 23.0 Å². The van der Waals surface area contributed by atoms with Gasteiger partial charge in [-0.15, -0.1) is 0 Å². The second-order valence-electron chi connectivity index (χ2n) is 6.75. The molecule has 0 saturated heterocycles. The Kier molecular flexibility index (Phi) is 6.63. The first-order chi connectivity index (χ1) is 15.6. The van der Waals surface area contributed by atoms with E-state index in [1.165, 1.54) is 12.4 Å². The highest BCUT2D eigenvalue weighted by atomic mass is 19.3. The lowest BCUT2D eigenvalue weighted by molar-refractivity contribution is -0.0505. The lowest BCUT2D eigenvalue weighted by Gasteiger charge is -2.15. The van der Waals surface area contributed by atoms with E-state index in [0.29, 0.717) is 36.1 Å². The molecule has 1 aliphatic heterocycles. The van der Waals surface area contributed by atoms with Gasteiger partial charge in [-0.3, -0.25) is 0 Å². The predicted octanol–water partition coefficient (Wildman–Crippen LogP) is 2.85. The highest BCUT2D eigenvalue weighted by molar-refractivity contribution is 5.79. The minimum Gasteiger partial charge on any atom is -0.454 e. The van der Waals surface area contributed by atoms with E-state index in [4.69, 9.17) is 9.47 Å². The number of hydrogen-bond acceptors (Lipinski definition) is 6. The third-order valence-electron chi connectivity index (χ3n) is 4.60. The molecule has 0 saturated carbocycles. The van der Waals surface area contributed by atoms with E-state index in [9.17, 15) is 8.78 Å². The summed E-state index contributed by atoms with van der Waals surface area (Å²) in [6, 6.07) is 10.8. The van der Waals surface area contributed by atoms with Crippen molar-refractivity contribution in [2.45, 2.75) is 26.6 Å². The van der Waals surface area contributed by atoms with Crippen molar-refractivity contribution in [3.8, 4) is 22.9 Å². The molecule has 0 fully saturated rings. The maximum absolute atomic E-state index is 12.8. The van der Waals surface area contributed by atoms with E-state index >= 15 is 0 Å². The second kappa shape index (κ2) is 9.94. The summed E-state index contributed by atoms with van der Waals surface area (Å²) < 4.78 is 42.6. The van der Waals surface area contributed by atoms with Gasteiger partial charge in [-0.05, 0) is 30.7 Å². The van der Waals surface area contributed by atoms with E-state index in [2.05, 4.69) is 30.4 Å². The zero-order valence-electron chi connectivity index (χ0n) is 17.3. The predicted molar refractivity (Wildman–Crippen MR) is 112 cm³/mol. The minimum absolute atomic E-state index is 0.0244. The largest absolute Gasteiger partial charge is 0.454 e. The molecule has 3 aromatic rings. The molecule has 168 valence electrons. The SMILES string of the molecule is CCNC(=NCc1ccc(-n2cncn2)cc1)NCc1cc2c(cc1OC(F)F)OCO2. The van der Waals surface area contributed by atoms with Crippen molar-refractivity contribution in [1.29, 1.82) is 0 Å². The van der Waals surface area contributed by atoms with Crippen LogP contribution in [0.25, 0.3) is 5.69 Å². The Morgan fingerprint density at radius 3 is 2.66 bits per heavy atom. The molecule has 2 heterocycles. The first-order valence-corrected chi connectivity index (χ1v) is 9.96. The Bertz CT molecular complexity index is 1060. The van der Waals surface area contributed by atoms with E-state index in [1.54, 1.807) is 17.1 Å². The summed E-state index contributed by atoms with van der Waals surface area (Å²) >= 11 is 0. The molecule has 0 unspecified atom stereocenters. The molecule has 4 rings (SSSR count). The summed E-state index contributed by atoms with van der Waals surface area (Å²) in [5, 5.41) is 10.4. The zero-order valence-corrected chi connectivity index (χ0v) is 17.3. The summed E-state index contributed by atoms with van der Waals surface area (Å²) in [5.41, 5.74) is 2.39. The number of rotatable bonds is 8. The van der Waals surface area contributed by atoms with Crippen molar-refractivity contribution in [2.24, 2.45) is 4.99 Å². The van der Waals surface area contributed by atoms with Crippen LogP contribution in [0.15, 0.2) is 54.0 Å². The molecule has 0 atom stereocenters. The van der Waals surface area contributed by atoms with Crippen molar-refractivity contribution in [3.05, 3.63) is 60.2 Å². The van der Waals surface area contributed by atoms with Gasteiger partial charge in [0, 0.05) is 24.7 Å². The fraction of sp³-hybridized carbons (Fsp3) is 0.286. The average Bonchev–Trinajstić information content (AvgIpc) is 3.47. The molecule has 11 heteroatoms. The van der Waals surface area contributed by atoms with Gasteiger partial charge in [-0.1, -0.05) is 12.1 Å². The number of nitrogens with one attached hydrogen (secondary N) is 2. The highest BCUT2D eigenvalue weighted by Crippen LogP contribution is 2.38. The van der Waals surface area contributed by atoms with Crippen LogP contribution in [0.4, 0.5) is 8.78 Å². The topological polar surface area (TPSA) is 94.8 Å². The molecule has 1 aromatic heterocycles. The molecule has 0 aliphatic carbocycles. The van der Waals surface area contributed by atoms with Gasteiger partial charge in [0.25, 0.3) is 0 Å². The fourth-order valence-corrected chi connectivity index (χ4v) is 3.10. The molecule has 0 bridgehead atoms. The van der Waals surface area contributed by atoms with Crippen LogP contribution in [0.2, 0.25) is 0 Å². The third kappa shape index (κ3) is 5.23. The molecule has 32 heavy (non-hydrogen) atoms. The van der Waals surface area contributed by atoms with Crippen LogP contribution < -0.4 is 24.8 Å². The smallest absolute Gasteiger partial charge is 0.387 e. The molecule has 2 N–H and O–H groups in total. The molecule has 9 nitrogen and oxygen atoms in total. The molecule has 2 aromatic carbocycles. The number of hydrogen-bond donors (Lipinski definition) is 2. The van der Waals surface area contributed by atoms with Gasteiger partial charge in [0.1, 0.15) is 18.4 Å². The van der Waals surface area contributed by atoms with Crippen molar-refractivity contribution in [2.75, 3.05) is 13.3 Å². The van der Waals surface area contributed by atoms with E-state index in [-0.39, 0.29) is 19.1 Å². The number of ether oxygens (including phenoxy) is 3. The maximum Gasteiger partial charge on any atom is 0.387 e. The monoisotopic (exact) mass is 444 g/mol. The quantitative estimate of drug-likeness (QED) is 0.408. The molecular weight excluding hydrogens is 422 g/mol. The minimum atomic E-state index is -2.95. The van der Waals surface area contributed by atoms with Gasteiger partial charge in [-0.2, -0.15) is 13.9 Å². The van der Waals surface area contributed by atoms with Crippen LogP contribution in [-0.2, 0) is 13.1 Å². The van der Waals surface area contributed by atoms with E-state index < -0.39 is 6.61 Å². The van der Waals surface area contributed by atoms with Gasteiger partial charge in [0.05, 0.1) is 12.2 Å². The number of aromatic nitrogens is 3. The lowest BCUT2D eigenvalue weighted by Crippen LogP contribution is -2.36. The van der Waals surface area contributed by atoms with Crippen LogP contribution in [0, 0.1) is 0 Å². The highest BCUT2D eigenvalue weighted by Gasteiger charge is 2.20. The summed E-state index contributed by atoms with van der Waals surface area (Å²) in [6.45, 7) is 0.301. The lowest BCUT2D eigenvalue weighted by atomic mass is 10.1. The average molecular weight is 444 g/mol. The van der Waals surface area contributed by atoms with Crippen molar-refractivity contribution >= 4 is 5.96 Å². The maximum atomic E-state index is 12.8. The number of nitrogens with zero attached hydrogens (tertiary/aromatic N) is 4. The summed E-state index contributed by atoms with van der Waals surface area (Å²) in [5.74, 6) is 1.42. The van der Waals surface area contributed by atoms with Gasteiger partial charge >= 0.3 is 6.61 Å².